The van der Waals surface area contributed by atoms with Crippen LogP contribution in [0.1, 0.15) is 15.9 Å². The first-order valence-corrected chi connectivity index (χ1v) is 9.01. The average molecular weight is 383 g/mol. The highest BCUT2D eigenvalue weighted by atomic mass is 35.5. The smallest absolute Gasteiger partial charge is 0.253 e. The van der Waals surface area contributed by atoms with Gasteiger partial charge >= 0.3 is 0 Å². The summed E-state index contributed by atoms with van der Waals surface area (Å²) in [7, 11) is 0. The van der Waals surface area contributed by atoms with E-state index in [1.165, 1.54) is 0 Å². The van der Waals surface area contributed by atoms with E-state index in [1.54, 1.807) is 18.2 Å². The Morgan fingerprint density at radius 2 is 1.78 bits per heavy atom. The number of amides is 2. The predicted octanol–water partition coefficient (Wildman–Crippen LogP) is 2.61. The number of nitrogens with zero attached hydrogens (tertiary/aromatic N) is 3. The van der Waals surface area contributed by atoms with Crippen molar-refractivity contribution in [2.45, 2.75) is 0 Å². The quantitative estimate of drug-likeness (QED) is 0.881. The van der Waals surface area contributed by atoms with Crippen LogP contribution in [0.4, 0.5) is 5.69 Å². The van der Waals surface area contributed by atoms with Crippen molar-refractivity contribution in [3.05, 3.63) is 64.7 Å². The van der Waals surface area contributed by atoms with Crippen LogP contribution < -0.4 is 5.32 Å². The summed E-state index contributed by atoms with van der Waals surface area (Å²) < 4.78 is 0. The molecule has 0 saturated carbocycles. The fourth-order valence-corrected chi connectivity index (χ4v) is 3.18. The molecule has 0 radical (unpaired) electrons. The normalized spacial score (nSPS) is 14.4. The maximum absolute atomic E-state index is 12.4. The molecule has 1 aliphatic rings. The Morgan fingerprint density at radius 1 is 1.07 bits per heavy atom. The second-order valence-corrected chi connectivity index (χ2v) is 6.70. The lowest BCUT2D eigenvalue weighted by Gasteiger charge is -2.34. The number of benzene rings is 2. The average Bonchev–Trinajstić information content (AvgIpc) is 2.69. The molecule has 2 amide bonds. The number of nitriles is 1. The Morgan fingerprint density at radius 3 is 2.41 bits per heavy atom. The highest BCUT2D eigenvalue weighted by Crippen LogP contribution is 2.20. The lowest BCUT2D eigenvalue weighted by molar-refractivity contribution is -0.117. The van der Waals surface area contributed by atoms with E-state index < -0.39 is 0 Å². The first-order valence-electron chi connectivity index (χ1n) is 8.63. The molecular formula is C20H19ClN4O2. The van der Waals surface area contributed by atoms with Gasteiger partial charge in [-0.1, -0.05) is 29.8 Å². The summed E-state index contributed by atoms with van der Waals surface area (Å²) in [4.78, 5) is 28.5. The minimum Gasteiger partial charge on any atom is -0.336 e. The molecule has 1 aliphatic heterocycles. The van der Waals surface area contributed by atoms with Gasteiger partial charge in [0.05, 0.1) is 17.1 Å². The van der Waals surface area contributed by atoms with Gasteiger partial charge in [-0.2, -0.15) is 5.26 Å². The Hall–Kier alpha value is -2.88. The molecule has 1 saturated heterocycles. The second kappa shape index (κ2) is 8.67. The number of hydrogen-bond donors (Lipinski definition) is 1. The Kier molecular flexibility index (Phi) is 6.07. The van der Waals surface area contributed by atoms with E-state index in [0.29, 0.717) is 48.0 Å². The SMILES string of the molecule is N#Cc1ccc(NC(=O)CN2CCN(C(=O)c3ccccc3)CC2)cc1Cl. The van der Waals surface area contributed by atoms with Crippen molar-refractivity contribution in [1.82, 2.24) is 9.80 Å². The van der Waals surface area contributed by atoms with Crippen LogP contribution in [-0.2, 0) is 4.79 Å². The van der Waals surface area contributed by atoms with E-state index in [1.807, 2.05) is 46.2 Å². The molecule has 0 atom stereocenters. The highest BCUT2D eigenvalue weighted by Gasteiger charge is 2.23. The topological polar surface area (TPSA) is 76.4 Å². The molecule has 0 unspecified atom stereocenters. The summed E-state index contributed by atoms with van der Waals surface area (Å²) >= 11 is 5.98. The maximum atomic E-state index is 12.4. The van der Waals surface area contributed by atoms with Crippen LogP contribution >= 0.6 is 11.6 Å². The summed E-state index contributed by atoms with van der Waals surface area (Å²) in [5.74, 6) is -0.134. The lowest BCUT2D eigenvalue weighted by Crippen LogP contribution is -2.50. The van der Waals surface area contributed by atoms with Gasteiger partial charge < -0.3 is 10.2 Å². The third kappa shape index (κ3) is 4.85. The number of carbonyl (C=O) groups is 2. The second-order valence-electron chi connectivity index (χ2n) is 6.29. The van der Waals surface area contributed by atoms with E-state index in [2.05, 4.69) is 5.32 Å². The Labute approximate surface area is 162 Å². The standard InChI is InChI=1S/C20H19ClN4O2/c21-18-12-17(7-6-16(18)13-22)23-19(26)14-24-8-10-25(11-9-24)20(27)15-4-2-1-3-5-15/h1-7,12H,8-11,14H2,(H,23,26). The number of anilines is 1. The number of carbonyl (C=O) groups excluding carboxylic acids is 2. The first-order chi connectivity index (χ1) is 13.1. The molecule has 7 heteroatoms. The zero-order valence-corrected chi connectivity index (χ0v) is 15.4. The molecule has 0 aromatic heterocycles. The molecule has 1 N–H and O–H groups in total. The van der Waals surface area contributed by atoms with Crippen molar-refractivity contribution in [2.24, 2.45) is 0 Å². The lowest BCUT2D eigenvalue weighted by atomic mass is 10.2. The van der Waals surface area contributed by atoms with Gasteiger partial charge in [0, 0.05) is 37.4 Å². The third-order valence-electron chi connectivity index (χ3n) is 4.42. The minimum absolute atomic E-state index is 0.0203. The van der Waals surface area contributed by atoms with Crippen molar-refractivity contribution in [2.75, 3.05) is 38.0 Å². The first kappa shape index (κ1) is 18.9. The molecule has 27 heavy (non-hydrogen) atoms. The summed E-state index contributed by atoms with van der Waals surface area (Å²) in [6, 6.07) is 16.0. The fraction of sp³-hybridized carbons (Fsp3) is 0.250. The zero-order chi connectivity index (χ0) is 19.2. The minimum atomic E-state index is -0.154. The van der Waals surface area contributed by atoms with E-state index >= 15 is 0 Å². The van der Waals surface area contributed by atoms with Crippen LogP contribution in [0.2, 0.25) is 5.02 Å². The van der Waals surface area contributed by atoms with Gasteiger partial charge in [0.15, 0.2) is 0 Å². The number of rotatable bonds is 4. The molecule has 2 aromatic rings. The van der Waals surface area contributed by atoms with Crippen molar-refractivity contribution < 1.29 is 9.59 Å². The number of piperazine rings is 1. The number of nitrogens with one attached hydrogen (secondary N) is 1. The molecule has 0 bridgehead atoms. The molecule has 2 aromatic carbocycles. The van der Waals surface area contributed by atoms with Crippen molar-refractivity contribution in [3.63, 3.8) is 0 Å². The van der Waals surface area contributed by atoms with E-state index in [0.717, 1.165) is 0 Å². The van der Waals surface area contributed by atoms with Gasteiger partial charge in [-0.15, -0.1) is 0 Å². The molecule has 138 valence electrons. The van der Waals surface area contributed by atoms with Crippen LogP contribution in [0.15, 0.2) is 48.5 Å². The van der Waals surface area contributed by atoms with E-state index in [-0.39, 0.29) is 18.4 Å². The van der Waals surface area contributed by atoms with E-state index in [4.69, 9.17) is 16.9 Å². The monoisotopic (exact) mass is 382 g/mol. The van der Waals surface area contributed by atoms with Crippen molar-refractivity contribution in [3.8, 4) is 6.07 Å². The molecule has 1 fully saturated rings. The molecule has 0 spiro atoms. The Bertz CT molecular complexity index is 871. The van der Waals surface area contributed by atoms with Crippen LogP contribution in [-0.4, -0.2) is 54.3 Å². The molecule has 6 nitrogen and oxygen atoms in total. The van der Waals surface area contributed by atoms with Gasteiger partial charge in [-0.25, -0.2) is 0 Å². The highest BCUT2D eigenvalue weighted by molar-refractivity contribution is 6.32. The third-order valence-corrected chi connectivity index (χ3v) is 4.73. The van der Waals surface area contributed by atoms with Crippen LogP contribution in [0.3, 0.4) is 0 Å². The fourth-order valence-electron chi connectivity index (χ4n) is 2.96. The maximum Gasteiger partial charge on any atom is 0.253 e. The van der Waals surface area contributed by atoms with Gasteiger partial charge in [0.2, 0.25) is 5.91 Å². The largest absolute Gasteiger partial charge is 0.336 e. The van der Waals surface area contributed by atoms with Gasteiger partial charge in [0.25, 0.3) is 5.91 Å². The number of halogens is 1. The Balaban J connectivity index is 1.49. The van der Waals surface area contributed by atoms with Crippen molar-refractivity contribution in [1.29, 1.82) is 5.26 Å². The van der Waals surface area contributed by atoms with Gasteiger partial charge in [0.1, 0.15) is 6.07 Å². The van der Waals surface area contributed by atoms with Crippen LogP contribution in [0.5, 0.6) is 0 Å². The summed E-state index contributed by atoms with van der Waals surface area (Å²) in [5, 5.41) is 12.0. The molecule has 1 heterocycles. The summed E-state index contributed by atoms with van der Waals surface area (Å²) in [6.45, 7) is 2.69. The van der Waals surface area contributed by atoms with Crippen LogP contribution in [0, 0.1) is 11.3 Å². The molecule has 0 aliphatic carbocycles. The number of hydrogen-bond acceptors (Lipinski definition) is 4. The van der Waals surface area contributed by atoms with Gasteiger partial charge in [-0.3, -0.25) is 14.5 Å². The van der Waals surface area contributed by atoms with E-state index in [9.17, 15) is 9.59 Å². The van der Waals surface area contributed by atoms with Crippen LogP contribution in [0.25, 0.3) is 0 Å². The summed E-state index contributed by atoms with van der Waals surface area (Å²) in [6.07, 6.45) is 0. The summed E-state index contributed by atoms with van der Waals surface area (Å²) in [5.41, 5.74) is 1.61. The zero-order valence-electron chi connectivity index (χ0n) is 14.7. The molecular weight excluding hydrogens is 364 g/mol. The predicted molar refractivity (Wildman–Crippen MR) is 104 cm³/mol. The van der Waals surface area contributed by atoms with Gasteiger partial charge in [-0.05, 0) is 30.3 Å². The molecule has 3 rings (SSSR count). The van der Waals surface area contributed by atoms with Crippen molar-refractivity contribution >= 4 is 29.1 Å².